The van der Waals surface area contributed by atoms with Crippen LogP contribution in [0.1, 0.15) is 16.0 Å². The zero-order valence-electron chi connectivity index (χ0n) is 16.0. The van der Waals surface area contributed by atoms with Gasteiger partial charge in [0.25, 0.3) is 5.91 Å². The number of nitrogens with one attached hydrogen (secondary N) is 1. The lowest BCUT2D eigenvalue weighted by Crippen LogP contribution is -2.13. The van der Waals surface area contributed by atoms with Gasteiger partial charge in [-0.25, -0.2) is 9.37 Å². The van der Waals surface area contributed by atoms with E-state index in [1.807, 2.05) is 6.07 Å². The van der Waals surface area contributed by atoms with Gasteiger partial charge in [0.2, 0.25) is 0 Å². The lowest BCUT2D eigenvalue weighted by Gasteiger charge is -2.07. The number of hydrogen-bond acceptors (Lipinski definition) is 5. The molecule has 0 aliphatic carbocycles. The minimum absolute atomic E-state index is 0.0695. The zero-order valence-corrected chi connectivity index (χ0v) is 16.8. The van der Waals surface area contributed by atoms with Crippen molar-refractivity contribution in [3.8, 4) is 11.8 Å². The summed E-state index contributed by atoms with van der Waals surface area (Å²) in [6.07, 6.45) is 5.31. The first kappa shape index (κ1) is 21.0. The van der Waals surface area contributed by atoms with Crippen molar-refractivity contribution in [2.45, 2.75) is 6.42 Å². The smallest absolute Gasteiger partial charge is 0.268 e. The maximum atomic E-state index is 13.0. The molecule has 0 saturated carbocycles. The average Bonchev–Trinajstić information content (AvgIpc) is 3.19. The fourth-order valence-electron chi connectivity index (χ4n) is 2.60. The van der Waals surface area contributed by atoms with E-state index >= 15 is 0 Å². The third-order valence-corrected chi connectivity index (χ3v) is 4.92. The number of thiazole rings is 1. The van der Waals surface area contributed by atoms with Crippen LogP contribution in [-0.2, 0) is 11.2 Å². The van der Waals surface area contributed by atoms with Crippen LogP contribution in [0.2, 0.25) is 0 Å². The second-order valence-corrected chi connectivity index (χ2v) is 7.31. The number of anilines is 1. The van der Waals surface area contributed by atoms with Crippen LogP contribution in [0.25, 0.3) is 6.08 Å². The number of carbonyl (C=O) groups is 1. The average molecular weight is 419 g/mol. The number of ether oxygens (including phenoxy) is 1. The van der Waals surface area contributed by atoms with Crippen molar-refractivity contribution in [2.24, 2.45) is 0 Å². The number of amides is 1. The summed E-state index contributed by atoms with van der Waals surface area (Å²) in [6.45, 7) is 3.92. The van der Waals surface area contributed by atoms with E-state index in [2.05, 4.69) is 16.9 Å². The van der Waals surface area contributed by atoms with Gasteiger partial charge in [0.15, 0.2) is 5.13 Å². The van der Waals surface area contributed by atoms with Crippen LogP contribution in [0.5, 0.6) is 5.75 Å². The van der Waals surface area contributed by atoms with Crippen molar-refractivity contribution in [1.82, 2.24) is 4.98 Å². The molecule has 0 bridgehead atoms. The predicted molar refractivity (Wildman–Crippen MR) is 116 cm³/mol. The van der Waals surface area contributed by atoms with Crippen molar-refractivity contribution in [1.29, 1.82) is 5.26 Å². The number of nitriles is 1. The molecule has 1 heterocycles. The molecule has 3 rings (SSSR count). The van der Waals surface area contributed by atoms with Crippen LogP contribution >= 0.6 is 11.3 Å². The number of nitrogens with zero attached hydrogens (tertiary/aromatic N) is 2. The number of halogens is 1. The van der Waals surface area contributed by atoms with Crippen molar-refractivity contribution in [3.63, 3.8) is 0 Å². The summed E-state index contributed by atoms with van der Waals surface area (Å²) in [5.74, 6) is -0.296. The summed E-state index contributed by atoms with van der Waals surface area (Å²) in [7, 11) is 0. The molecule has 1 aromatic heterocycles. The molecule has 30 heavy (non-hydrogen) atoms. The number of para-hydroxylation sites is 1. The summed E-state index contributed by atoms with van der Waals surface area (Å²) >= 11 is 1.30. The number of hydrogen-bond donors (Lipinski definition) is 1. The Bertz CT molecular complexity index is 1110. The molecule has 0 spiro atoms. The molecule has 0 atom stereocenters. The van der Waals surface area contributed by atoms with E-state index in [9.17, 15) is 14.4 Å². The zero-order chi connectivity index (χ0) is 21.3. The third kappa shape index (κ3) is 5.63. The van der Waals surface area contributed by atoms with Crippen molar-refractivity contribution < 1.29 is 13.9 Å². The molecular formula is C23H18FN3O2S. The predicted octanol–water partition coefficient (Wildman–Crippen LogP) is 4.98. The summed E-state index contributed by atoms with van der Waals surface area (Å²) < 4.78 is 18.6. The summed E-state index contributed by atoms with van der Waals surface area (Å²) in [5.41, 5.74) is 1.48. The Hall–Kier alpha value is -3.76. The number of carbonyl (C=O) groups excluding carboxylic acids is 1. The van der Waals surface area contributed by atoms with Gasteiger partial charge >= 0.3 is 0 Å². The van der Waals surface area contributed by atoms with Gasteiger partial charge in [-0.2, -0.15) is 5.26 Å². The number of benzene rings is 2. The van der Waals surface area contributed by atoms with Gasteiger partial charge < -0.3 is 4.74 Å². The number of rotatable bonds is 8. The lowest BCUT2D eigenvalue weighted by molar-refractivity contribution is -0.112. The topological polar surface area (TPSA) is 75.0 Å². The van der Waals surface area contributed by atoms with Gasteiger partial charge in [-0.15, -0.1) is 11.3 Å². The van der Waals surface area contributed by atoms with E-state index in [1.165, 1.54) is 29.5 Å². The highest BCUT2D eigenvalue weighted by Crippen LogP contribution is 2.24. The first-order valence-corrected chi connectivity index (χ1v) is 9.85. The molecule has 2 aromatic carbocycles. The van der Waals surface area contributed by atoms with Gasteiger partial charge in [-0.1, -0.05) is 43.0 Å². The molecule has 1 amide bonds. The fourth-order valence-corrected chi connectivity index (χ4v) is 3.44. The van der Waals surface area contributed by atoms with Crippen LogP contribution in [0.15, 0.2) is 73.0 Å². The highest BCUT2D eigenvalue weighted by Gasteiger charge is 2.13. The van der Waals surface area contributed by atoms with Gasteiger partial charge in [0.1, 0.15) is 29.8 Å². The van der Waals surface area contributed by atoms with Gasteiger partial charge in [-0.3, -0.25) is 10.1 Å². The minimum atomic E-state index is -0.557. The molecule has 3 aromatic rings. The fraction of sp³-hybridized carbons (Fsp3) is 0.0870. The van der Waals surface area contributed by atoms with Crippen LogP contribution in [0.3, 0.4) is 0 Å². The Morgan fingerprint density at radius 1 is 1.27 bits per heavy atom. The molecule has 0 saturated heterocycles. The SMILES string of the molecule is C=CCOc1ccccc1C=C(C#N)C(=O)Nc1ncc(Cc2ccc(F)cc2)s1. The molecule has 0 aliphatic rings. The molecule has 0 radical (unpaired) electrons. The monoisotopic (exact) mass is 419 g/mol. The molecule has 1 N–H and O–H groups in total. The van der Waals surface area contributed by atoms with Crippen molar-refractivity contribution in [2.75, 3.05) is 11.9 Å². The molecule has 0 aliphatic heterocycles. The maximum Gasteiger partial charge on any atom is 0.268 e. The van der Waals surface area contributed by atoms with E-state index < -0.39 is 5.91 Å². The second kappa shape index (κ2) is 10.1. The van der Waals surface area contributed by atoms with Crippen LogP contribution in [0.4, 0.5) is 9.52 Å². The van der Waals surface area contributed by atoms with Crippen LogP contribution in [0, 0.1) is 17.1 Å². The Morgan fingerprint density at radius 2 is 2.03 bits per heavy atom. The number of aromatic nitrogens is 1. The summed E-state index contributed by atoms with van der Waals surface area (Å²) in [4.78, 5) is 17.6. The first-order valence-electron chi connectivity index (χ1n) is 9.04. The maximum absolute atomic E-state index is 13.0. The Labute approximate surface area is 177 Å². The highest BCUT2D eigenvalue weighted by molar-refractivity contribution is 7.15. The normalized spacial score (nSPS) is 10.9. The molecule has 0 fully saturated rings. The van der Waals surface area contributed by atoms with Crippen molar-refractivity contribution >= 4 is 28.5 Å². The van der Waals surface area contributed by atoms with Gasteiger partial charge in [-0.05, 0) is 29.8 Å². The quantitative estimate of drug-likeness (QED) is 0.317. The van der Waals surface area contributed by atoms with E-state index in [1.54, 1.807) is 48.7 Å². The largest absolute Gasteiger partial charge is 0.489 e. The minimum Gasteiger partial charge on any atom is -0.489 e. The van der Waals surface area contributed by atoms with E-state index in [-0.39, 0.29) is 11.4 Å². The first-order chi connectivity index (χ1) is 14.6. The standard InChI is InChI=1S/C23H18FN3O2S/c1-2-11-29-21-6-4-3-5-17(21)13-18(14-25)22(28)27-23-26-15-20(30-23)12-16-7-9-19(24)10-8-16/h2-10,13,15H,1,11-12H2,(H,26,27,28). The van der Waals surface area contributed by atoms with Gasteiger partial charge in [0, 0.05) is 23.1 Å². The Kier molecular flexibility index (Phi) is 7.09. The third-order valence-electron chi connectivity index (χ3n) is 4.01. The van der Waals surface area contributed by atoms with Crippen LogP contribution in [-0.4, -0.2) is 17.5 Å². The van der Waals surface area contributed by atoms with E-state index in [0.717, 1.165) is 10.4 Å². The molecule has 150 valence electrons. The highest BCUT2D eigenvalue weighted by atomic mass is 32.1. The van der Waals surface area contributed by atoms with Crippen molar-refractivity contribution in [3.05, 3.63) is 94.8 Å². The van der Waals surface area contributed by atoms with Gasteiger partial charge in [0.05, 0.1) is 0 Å². The molecule has 0 unspecified atom stereocenters. The van der Waals surface area contributed by atoms with Crippen LogP contribution < -0.4 is 10.1 Å². The lowest BCUT2D eigenvalue weighted by atomic mass is 10.1. The molecule has 5 nitrogen and oxygen atoms in total. The summed E-state index contributed by atoms with van der Waals surface area (Å²) in [6, 6.07) is 15.2. The summed E-state index contributed by atoms with van der Waals surface area (Å²) in [5, 5.41) is 12.5. The Morgan fingerprint density at radius 3 is 2.77 bits per heavy atom. The molecule has 7 heteroatoms. The van der Waals surface area contributed by atoms with E-state index in [0.29, 0.717) is 29.5 Å². The Balaban J connectivity index is 1.71. The second-order valence-electron chi connectivity index (χ2n) is 6.20. The molecular weight excluding hydrogens is 401 g/mol. The van der Waals surface area contributed by atoms with E-state index in [4.69, 9.17) is 4.74 Å².